The minimum atomic E-state index is -4.26. The van der Waals surface area contributed by atoms with Gasteiger partial charge in [-0.3, -0.25) is 9.48 Å². The highest BCUT2D eigenvalue weighted by atomic mass is 19.4. The van der Waals surface area contributed by atoms with Crippen molar-refractivity contribution < 1.29 is 13.2 Å². The fourth-order valence-corrected chi connectivity index (χ4v) is 1.46. The lowest BCUT2D eigenvalue weighted by atomic mass is 10.3. The summed E-state index contributed by atoms with van der Waals surface area (Å²) in [5.41, 5.74) is -0.189. The largest absolute Gasteiger partial charge is 0.389 e. The van der Waals surface area contributed by atoms with Gasteiger partial charge in [0.15, 0.2) is 5.65 Å². The maximum absolute atomic E-state index is 12.0. The molecule has 0 aliphatic rings. The Hall–Kier alpha value is -1.86. The smallest absolute Gasteiger partial charge is 0.310 e. The molecular formula is C9H9F3N4O. The maximum Gasteiger partial charge on any atom is 0.389 e. The second-order valence-corrected chi connectivity index (χ2v) is 3.63. The van der Waals surface area contributed by atoms with Crippen molar-refractivity contribution in [1.82, 2.24) is 19.7 Å². The molecule has 5 nitrogen and oxygen atoms in total. The first-order chi connectivity index (χ1) is 7.87. The van der Waals surface area contributed by atoms with Gasteiger partial charge in [0.25, 0.3) is 5.56 Å². The zero-order valence-electron chi connectivity index (χ0n) is 8.88. The van der Waals surface area contributed by atoms with Gasteiger partial charge < -0.3 is 4.98 Å². The van der Waals surface area contributed by atoms with Crippen molar-refractivity contribution in [3.63, 3.8) is 0 Å². The molecule has 2 heterocycles. The van der Waals surface area contributed by atoms with Gasteiger partial charge in [0, 0.05) is 13.5 Å². The zero-order chi connectivity index (χ0) is 12.6. The van der Waals surface area contributed by atoms with Gasteiger partial charge in [-0.25, -0.2) is 4.98 Å². The minimum absolute atomic E-state index is 0.0171. The van der Waals surface area contributed by atoms with E-state index in [1.165, 1.54) is 10.9 Å². The van der Waals surface area contributed by atoms with Crippen LogP contribution in [-0.2, 0) is 13.5 Å². The number of rotatable bonds is 2. The monoisotopic (exact) mass is 246 g/mol. The topological polar surface area (TPSA) is 63.6 Å². The Labute approximate surface area is 93.3 Å². The molecule has 0 fully saturated rings. The Bertz CT molecular complexity index is 598. The van der Waals surface area contributed by atoms with Crippen LogP contribution in [0.25, 0.3) is 11.0 Å². The number of hydrogen-bond acceptors (Lipinski definition) is 3. The number of nitrogens with zero attached hydrogens (tertiary/aromatic N) is 3. The number of hydrogen-bond donors (Lipinski definition) is 1. The average Bonchev–Trinajstić information content (AvgIpc) is 2.57. The molecule has 0 amide bonds. The van der Waals surface area contributed by atoms with Gasteiger partial charge in [0.2, 0.25) is 0 Å². The Kier molecular flexibility index (Phi) is 2.64. The van der Waals surface area contributed by atoms with E-state index in [2.05, 4.69) is 15.1 Å². The summed E-state index contributed by atoms with van der Waals surface area (Å²) < 4.78 is 37.5. The fourth-order valence-electron chi connectivity index (χ4n) is 1.46. The van der Waals surface area contributed by atoms with E-state index in [9.17, 15) is 18.0 Å². The van der Waals surface area contributed by atoms with E-state index in [4.69, 9.17) is 0 Å². The Morgan fingerprint density at radius 1 is 1.47 bits per heavy atom. The number of aryl methyl sites for hydroxylation is 2. The van der Waals surface area contributed by atoms with Crippen LogP contribution in [0.5, 0.6) is 0 Å². The summed E-state index contributed by atoms with van der Waals surface area (Å²) in [7, 11) is 1.57. The molecule has 0 saturated heterocycles. The molecule has 17 heavy (non-hydrogen) atoms. The van der Waals surface area contributed by atoms with E-state index in [1.807, 2.05) is 0 Å². The molecular weight excluding hydrogens is 237 g/mol. The number of halogens is 3. The third kappa shape index (κ3) is 2.45. The van der Waals surface area contributed by atoms with Crippen LogP contribution >= 0.6 is 0 Å². The first kappa shape index (κ1) is 11.6. The summed E-state index contributed by atoms with van der Waals surface area (Å²) in [5.74, 6) is 0.0171. The lowest BCUT2D eigenvalue weighted by Crippen LogP contribution is -2.15. The van der Waals surface area contributed by atoms with Crippen LogP contribution in [0.3, 0.4) is 0 Å². The highest BCUT2D eigenvalue weighted by molar-refractivity contribution is 5.72. The molecule has 0 atom stereocenters. The average molecular weight is 246 g/mol. The van der Waals surface area contributed by atoms with Crippen molar-refractivity contribution >= 4 is 11.0 Å². The van der Waals surface area contributed by atoms with Crippen LogP contribution in [0.15, 0.2) is 11.0 Å². The highest BCUT2D eigenvalue weighted by Gasteiger charge is 2.27. The zero-order valence-corrected chi connectivity index (χ0v) is 8.88. The fraction of sp³-hybridized carbons (Fsp3) is 0.444. The molecule has 0 aliphatic carbocycles. The number of H-pyrrole nitrogens is 1. The normalized spacial score (nSPS) is 12.2. The third-order valence-electron chi connectivity index (χ3n) is 2.30. The Balaban J connectivity index is 2.36. The molecule has 92 valence electrons. The van der Waals surface area contributed by atoms with Gasteiger partial charge in [-0.15, -0.1) is 0 Å². The van der Waals surface area contributed by atoms with Crippen molar-refractivity contribution in [3.8, 4) is 0 Å². The molecule has 0 aromatic carbocycles. The van der Waals surface area contributed by atoms with Crippen molar-refractivity contribution in [2.45, 2.75) is 19.0 Å². The first-order valence-electron chi connectivity index (χ1n) is 4.84. The predicted octanol–water partition coefficient (Wildman–Crippen LogP) is 1.15. The number of aromatic amines is 1. The number of aromatic nitrogens is 4. The minimum Gasteiger partial charge on any atom is -0.310 e. The molecule has 1 N–H and O–H groups in total. The lowest BCUT2D eigenvalue weighted by Gasteiger charge is -2.05. The summed E-state index contributed by atoms with van der Waals surface area (Å²) in [5, 5.41) is 4.09. The van der Waals surface area contributed by atoms with Crippen LogP contribution in [0.1, 0.15) is 12.2 Å². The summed E-state index contributed by atoms with van der Waals surface area (Å²) in [4.78, 5) is 17.8. The van der Waals surface area contributed by atoms with Crippen molar-refractivity contribution in [1.29, 1.82) is 0 Å². The summed E-state index contributed by atoms with van der Waals surface area (Å²) >= 11 is 0. The van der Waals surface area contributed by atoms with Gasteiger partial charge in [0.1, 0.15) is 11.2 Å². The van der Waals surface area contributed by atoms with Gasteiger partial charge >= 0.3 is 6.18 Å². The molecule has 2 aromatic rings. The molecule has 0 aliphatic heterocycles. The standard InChI is InChI=1S/C9H9F3N4O/c1-16-7-5(4-13-16)8(17)15-6(14-7)2-3-9(10,11)12/h4H,2-3H2,1H3,(H,14,15,17). The number of alkyl halides is 3. The highest BCUT2D eigenvalue weighted by Crippen LogP contribution is 2.21. The van der Waals surface area contributed by atoms with E-state index in [-0.39, 0.29) is 23.3 Å². The molecule has 0 radical (unpaired) electrons. The second kappa shape index (κ2) is 3.86. The van der Waals surface area contributed by atoms with Gasteiger partial charge in [-0.05, 0) is 0 Å². The summed E-state index contributed by atoms with van der Waals surface area (Å²) in [6.45, 7) is 0. The van der Waals surface area contributed by atoms with E-state index in [1.54, 1.807) is 7.05 Å². The van der Waals surface area contributed by atoms with Crippen LogP contribution in [0, 0.1) is 0 Å². The van der Waals surface area contributed by atoms with E-state index in [0.29, 0.717) is 0 Å². The van der Waals surface area contributed by atoms with Gasteiger partial charge in [-0.1, -0.05) is 0 Å². The second-order valence-electron chi connectivity index (χ2n) is 3.63. The van der Waals surface area contributed by atoms with Crippen LogP contribution in [0.2, 0.25) is 0 Å². The lowest BCUT2D eigenvalue weighted by molar-refractivity contribution is -0.134. The van der Waals surface area contributed by atoms with Crippen molar-refractivity contribution in [2.24, 2.45) is 7.05 Å². The number of fused-ring (bicyclic) bond motifs is 1. The van der Waals surface area contributed by atoms with Crippen LogP contribution in [0.4, 0.5) is 13.2 Å². The van der Waals surface area contributed by atoms with E-state index < -0.39 is 18.2 Å². The van der Waals surface area contributed by atoms with Crippen LogP contribution in [-0.4, -0.2) is 25.9 Å². The van der Waals surface area contributed by atoms with Crippen molar-refractivity contribution in [3.05, 3.63) is 22.4 Å². The molecule has 0 bridgehead atoms. The molecule has 0 saturated carbocycles. The molecule has 0 unspecified atom stereocenters. The quantitative estimate of drug-likeness (QED) is 0.864. The first-order valence-corrected chi connectivity index (χ1v) is 4.84. The Morgan fingerprint density at radius 3 is 2.82 bits per heavy atom. The molecule has 0 spiro atoms. The maximum atomic E-state index is 12.0. The van der Waals surface area contributed by atoms with Gasteiger partial charge in [-0.2, -0.15) is 18.3 Å². The number of nitrogens with one attached hydrogen (secondary N) is 1. The summed E-state index contributed by atoms with van der Waals surface area (Å²) in [6.07, 6.45) is -4.30. The molecule has 2 rings (SSSR count). The van der Waals surface area contributed by atoms with Crippen LogP contribution < -0.4 is 5.56 Å². The summed E-state index contributed by atoms with van der Waals surface area (Å²) in [6, 6.07) is 0. The molecule has 2 aromatic heterocycles. The SMILES string of the molecule is Cn1ncc2c(=O)[nH]c(CCC(F)(F)F)nc21. The van der Waals surface area contributed by atoms with Gasteiger partial charge in [0.05, 0.1) is 12.6 Å². The third-order valence-corrected chi connectivity index (χ3v) is 2.30. The molecule has 8 heteroatoms. The van der Waals surface area contributed by atoms with E-state index in [0.717, 1.165) is 0 Å². The van der Waals surface area contributed by atoms with Crippen molar-refractivity contribution in [2.75, 3.05) is 0 Å². The Morgan fingerprint density at radius 2 is 2.18 bits per heavy atom. The predicted molar refractivity (Wildman–Crippen MR) is 53.5 cm³/mol. The van der Waals surface area contributed by atoms with E-state index >= 15 is 0 Å².